The van der Waals surface area contributed by atoms with Gasteiger partial charge in [0.1, 0.15) is 5.75 Å². The average Bonchev–Trinajstić information content (AvgIpc) is 2.80. The molecule has 0 aliphatic carbocycles. The van der Waals surface area contributed by atoms with Crippen LogP contribution in [0.5, 0.6) is 11.8 Å². The molecule has 2 heterocycles. The van der Waals surface area contributed by atoms with Gasteiger partial charge in [-0.3, -0.25) is 9.80 Å². The molecule has 1 fully saturated rings. The zero-order valence-electron chi connectivity index (χ0n) is 17.7. The molecule has 0 radical (unpaired) electrons. The number of piperazine rings is 1. The van der Waals surface area contributed by atoms with Crippen LogP contribution in [0.15, 0.2) is 60.9 Å². The lowest BCUT2D eigenvalue weighted by Gasteiger charge is -2.41. The fraction of sp³-hybridized carbons (Fsp3) is 0.333. The number of aliphatic hydroxyl groups excluding tert-OH is 1. The van der Waals surface area contributed by atoms with Gasteiger partial charge in [-0.15, -0.1) is 0 Å². The molecule has 3 aromatic rings. The van der Waals surface area contributed by atoms with E-state index in [0.717, 1.165) is 37.3 Å². The van der Waals surface area contributed by atoms with Gasteiger partial charge in [-0.1, -0.05) is 18.2 Å². The van der Waals surface area contributed by atoms with Crippen molar-refractivity contribution in [3.05, 3.63) is 83.7 Å². The summed E-state index contributed by atoms with van der Waals surface area (Å²) in [5.41, 5.74) is 1.89. The minimum absolute atomic E-state index is 0.0837. The van der Waals surface area contributed by atoms with Crippen molar-refractivity contribution in [1.29, 1.82) is 0 Å². The van der Waals surface area contributed by atoms with Crippen molar-refractivity contribution in [2.75, 3.05) is 26.2 Å². The highest BCUT2D eigenvalue weighted by molar-refractivity contribution is 5.29. The van der Waals surface area contributed by atoms with Crippen LogP contribution in [0.25, 0.3) is 0 Å². The predicted octanol–water partition coefficient (Wildman–Crippen LogP) is 3.62. The van der Waals surface area contributed by atoms with Crippen molar-refractivity contribution in [2.45, 2.75) is 25.6 Å². The third-order valence-corrected chi connectivity index (χ3v) is 5.60. The van der Waals surface area contributed by atoms with Gasteiger partial charge in [0, 0.05) is 57.8 Å². The third kappa shape index (κ3) is 5.85. The molecule has 8 heteroatoms. The Morgan fingerprint density at radius 3 is 2.41 bits per heavy atom. The second kappa shape index (κ2) is 10.6. The minimum Gasteiger partial charge on any atom is -0.424 e. The van der Waals surface area contributed by atoms with E-state index in [4.69, 9.17) is 4.74 Å². The lowest BCUT2D eigenvalue weighted by molar-refractivity contribution is 0.0499. The van der Waals surface area contributed by atoms with Crippen LogP contribution in [0.3, 0.4) is 0 Å². The Morgan fingerprint density at radius 1 is 0.938 bits per heavy atom. The molecule has 1 aromatic heterocycles. The number of benzene rings is 2. The van der Waals surface area contributed by atoms with Crippen LogP contribution in [0, 0.1) is 11.6 Å². The first-order chi connectivity index (χ1) is 15.6. The maximum Gasteiger partial charge on any atom is 0.321 e. The zero-order chi connectivity index (χ0) is 22.3. The molecule has 0 amide bonds. The normalized spacial score (nSPS) is 17.4. The fourth-order valence-corrected chi connectivity index (χ4v) is 3.97. The molecule has 32 heavy (non-hydrogen) atoms. The molecular formula is C24H26F2N4O2. The molecule has 0 bridgehead atoms. The molecule has 0 unspecified atom stereocenters. The van der Waals surface area contributed by atoms with Crippen LogP contribution in [0.4, 0.5) is 8.78 Å². The van der Waals surface area contributed by atoms with Gasteiger partial charge in [0.15, 0.2) is 11.6 Å². The molecule has 2 aromatic carbocycles. The Labute approximate surface area is 186 Å². The van der Waals surface area contributed by atoms with E-state index in [-0.39, 0.29) is 12.6 Å². The van der Waals surface area contributed by atoms with Crippen LogP contribution in [0.1, 0.15) is 17.5 Å². The number of hydrogen-bond donors (Lipinski definition) is 1. The molecule has 1 aliphatic heterocycles. The largest absolute Gasteiger partial charge is 0.424 e. The maximum atomic E-state index is 13.6. The summed E-state index contributed by atoms with van der Waals surface area (Å²) in [5.74, 6) is -0.987. The van der Waals surface area contributed by atoms with Gasteiger partial charge < -0.3 is 9.84 Å². The van der Waals surface area contributed by atoms with Gasteiger partial charge in [0.2, 0.25) is 0 Å². The van der Waals surface area contributed by atoms with Gasteiger partial charge in [-0.25, -0.2) is 18.7 Å². The highest BCUT2D eigenvalue weighted by atomic mass is 19.2. The highest BCUT2D eigenvalue weighted by Crippen LogP contribution is 2.22. The molecule has 0 spiro atoms. The summed E-state index contributed by atoms with van der Waals surface area (Å²) in [5, 5.41) is 9.53. The highest BCUT2D eigenvalue weighted by Gasteiger charge is 2.27. The van der Waals surface area contributed by atoms with E-state index in [1.54, 1.807) is 24.5 Å². The van der Waals surface area contributed by atoms with Crippen molar-refractivity contribution < 1.29 is 18.6 Å². The second-order valence-corrected chi connectivity index (χ2v) is 7.90. The summed E-state index contributed by atoms with van der Waals surface area (Å²) >= 11 is 0. The molecule has 4 rings (SSSR count). The minimum atomic E-state index is -0.835. The summed E-state index contributed by atoms with van der Waals surface area (Å²) < 4.78 is 32.4. The second-order valence-electron chi connectivity index (χ2n) is 7.90. The van der Waals surface area contributed by atoms with Crippen molar-refractivity contribution in [3.8, 4) is 11.8 Å². The molecule has 1 atom stereocenters. The van der Waals surface area contributed by atoms with Crippen molar-refractivity contribution in [2.24, 2.45) is 0 Å². The number of hydrogen-bond acceptors (Lipinski definition) is 6. The number of rotatable bonds is 8. The fourth-order valence-electron chi connectivity index (χ4n) is 3.97. The van der Waals surface area contributed by atoms with E-state index in [1.807, 2.05) is 24.3 Å². The number of aliphatic hydroxyl groups is 1. The molecular weight excluding hydrogens is 414 g/mol. The number of aromatic nitrogens is 2. The average molecular weight is 440 g/mol. The number of ether oxygens (including phenoxy) is 1. The summed E-state index contributed by atoms with van der Waals surface area (Å²) in [4.78, 5) is 12.7. The number of halogens is 2. The molecule has 0 saturated carbocycles. The Kier molecular flexibility index (Phi) is 7.36. The molecule has 1 saturated heterocycles. The van der Waals surface area contributed by atoms with Gasteiger partial charge in [0.05, 0.1) is 0 Å². The Morgan fingerprint density at radius 2 is 1.69 bits per heavy atom. The first kappa shape index (κ1) is 22.3. The first-order valence-corrected chi connectivity index (χ1v) is 10.7. The maximum absolute atomic E-state index is 13.6. The van der Waals surface area contributed by atoms with E-state index < -0.39 is 11.6 Å². The summed E-state index contributed by atoms with van der Waals surface area (Å²) in [7, 11) is 0. The monoisotopic (exact) mass is 440 g/mol. The summed E-state index contributed by atoms with van der Waals surface area (Å²) in [6.07, 6.45) is 3.89. The standard InChI is InChI=1S/C24H26F2N4O2/c25-22-7-4-19(14-23(22)26)16-30-12-11-29(17-20(30)8-13-31)15-18-2-5-21(6-3-18)32-24-27-9-1-10-28-24/h1-7,9-10,14,20,31H,8,11-13,15-17H2/t20-/m0/s1. The van der Waals surface area contributed by atoms with Gasteiger partial charge >= 0.3 is 6.01 Å². The van der Waals surface area contributed by atoms with E-state index >= 15 is 0 Å². The van der Waals surface area contributed by atoms with Crippen LogP contribution in [-0.4, -0.2) is 57.2 Å². The van der Waals surface area contributed by atoms with Crippen molar-refractivity contribution in [1.82, 2.24) is 19.8 Å². The van der Waals surface area contributed by atoms with Crippen molar-refractivity contribution in [3.63, 3.8) is 0 Å². The lowest BCUT2D eigenvalue weighted by Crippen LogP contribution is -2.52. The van der Waals surface area contributed by atoms with Crippen LogP contribution < -0.4 is 4.74 Å². The Balaban J connectivity index is 1.34. The SMILES string of the molecule is OCC[C@H]1CN(Cc2ccc(Oc3ncccn3)cc2)CCN1Cc1ccc(F)c(F)c1. The molecule has 168 valence electrons. The molecule has 6 nitrogen and oxygen atoms in total. The van der Waals surface area contributed by atoms with E-state index in [1.165, 1.54) is 12.1 Å². The van der Waals surface area contributed by atoms with Crippen molar-refractivity contribution >= 4 is 0 Å². The summed E-state index contributed by atoms with van der Waals surface area (Å²) in [6.45, 7) is 3.82. The zero-order valence-corrected chi connectivity index (χ0v) is 17.7. The smallest absolute Gasteiger partial charge is 0.321 e. The predicted molar refractivity (Wildman–Crippen MR) is 116 cm³/mol. The summed E-state index contributed by atoms with van der Waals surface area (Å²) in [6, 6.07) is 14.1. The van der Waals surface area contributed by atoms with E-state index in [2.05, 4.69) is 19.8 Å². The van der Waals surface area contributed by atoms with Crippen LogP contribution in [-0.2, 0) is 13.1 Å². The Hall–Kier alpha value is -2.94. The third-order valence-electron chi connectivity index (χ3n) is 5.60. The van der Waals surface area contributed by atoms with Gasteiger partial charge in [-0.05, 0) is 47.9 Å². The van der Waals surface area contributed by atoms with Crippen LogP contribution >= 0.6 is 0 Å². The van der Waals surface area contributed by atoms with Crippen LogP contribution in [0.2, 0.25) is 0 Å². The molecule has 1 aliphatic rings. The quantitative estimate of drug-likeness (QED) is 0.578. The molecule has 1 N–H and O–H groups in total. The van der Waals surface area contributed by atoms with Gasteiger partial charge in [0.25, 0.3) is 0 Å². The Bertz CT molecular complexity index is 1000. The lowest BCUT2D eigenvalue weighted by atomic mass is 10.1. The van der Waals surface area contributed by atoms with E-state index in [9.17, 15) is 13.9 Å². The van der Waals surface area contributed by atoms with Gasteiger partial charge in [-0.2, -0.15) is 0 Å². The first-order valence-electron chi connectivity index (χ1n) is 10.7. The van der Waals surface area contributed by atoms with E-state index in [0.29, 0.717) is 24.7 Å². The topological polar surface area (TPSA) is 61.7 Å². The number of nitrogens with zero attached hydrogens (tertiary/aromatic N) is 4.